The molecule has 0 aliphatic heterocycles. The van der Waals surface area contributed by atoms with Gasteiger partial charge >= 0.3 is 0 Å². The average Bonchev–Trinajstić information content (AvgIpc) is 2.45. The maximum atomic E-state index is 6.14. The Labute approximate surface area is 88.9 Å². The minimum atomic E-state index is 0.0937. The van der Waals surface area contributed by atoms with Gasteiger partial charge in [-0.05, 0) is 23.8 Å². The molecule has 2 unspecified atom stereocenters. The second-order valence-corrected chi connectivity index (χ2v) is 4.80. The number of rotatable bonds is 3. The Morgan fingerprint density at radius 1 is 1.62 bits per heavy atom. The van der Waals surface area contributed by atoms with Crippen LogP contribution >= 0.6 is 22.9 Å². The standard InChI is InChI=1S/C10H16ClNS/c1-4-6(2)9(12)10-8(11)7(3)5-13-10/h5-6,9H,4,12H2,1-3H3. The molecular weight excluding hydrogens is 202 g/mol. The fourth-order valence-electron chi connectivity index (χ4n) is 1.19. The second kappa shape index (κ2) is 4.45. The van der Waals surface area contributed by atoms with Gasteiger partial charge in [-0.15, -0.1) is 11.3 Å². The number of thiophene rings is 1. The molecule has 2 atom stereocenters. The van der Waals surface area contributed by atoms with Crippen molar-refractivity contribution in [1.82, 2.24) is 0 Å². The van der Waals surface area contributed by atoms with Crippen LogP contribution in [0.5, 0.6) is 0 Å². The molecule has 74 valence electrons. The lowest BCUT2D eigenvalue weighted by atomic mass is 9.98. The number of halogens is 1. The van der Waals surface area contributed by atoms with Gasteiger partial charge in [-0.1, -0.05) is 31.9 Å². The van der Waals surface area contributed by atoms with E-state index in [1.54, 1.807) is 11.3 Å². The van der Waals surface area contributed by atoms with Crippen molar-refractivity contribution < 1.29 is 0 Å². The molecule has 0 aromatic carbocycles. The first-order chi connectivity index (χ1) is 6.07. The summed E-state index contributed by atoms with van der Waals surface area (Å²) in [6, 6.07) is 0.0937. The summed E-state index contributed by atoms with van der Waals surface area (Å²) < 4.78 is 0. The molecule has 0 saturated heterocycles. The molecular formula is C10H16ClNS. The quantitative estimate of drug-likeness (QED) is 0.820. The van der Waals surface area contributed by atoms with E-state index in [2.05, 4.69) is 19.2 Å². The first kappa shape index (κ1) is 11.0. The molecule has 0 aliphatic rings. The van der Waals surface area contributed by atoms with E-state index in [4.69, 9.17) is 17.3 Å². The average molecular weight is 218 g/mol. The van der Waals surface area contributed by atoms with Gasteiger partial charge in [0.25, 0.3) is 0 Å². The topological polar surface area (TPSA) is 26.0 Å². The largest absolute Gasteiger partial charge is 0.323 e. The molecule has 13 heavy (non-hydrogen) atoms. The van der Waals surface area contributed by atoms with Crippen molar-refractivity contribution in [2.45, 2.75) is 33.2 Å². The lowest BCUT2D eigenvalue weighted by Gasteiger charge is -2.17. The maximum Gasteiger partial charge on any atom is 0.0590 e. The summed E-state index contributed by atoms with van der Waals surface area (Å²) in [5.74, 6) is 0.496. The van der Waals surface area contributed by atoms with Gasteiger partial charge in [-0.25, -0.2) is 0 Å². The van der Waals surface area contributed by atoms with Crippen LogP contribution in [0.1, 0.15) is 36.8 Å². The molecule has 1 heterocycles. The van der Waals surface area contributed by atoms with Gasteiger partial charge in [0.05, 0.1) is 5.02 Å². The zero-order valence-corrected chi connectivity index (χ0v) is 9.88. The van der Waals surface area contributed by atoms with E-state index in [-0.39, 0.29) is 6.04 Å². The molecule has 3 heteroatoms. The van der Waals surface area contributed by atoms with E-state index >= 15 is 0 Å². The molecule has 2 N–H and O–H groups in total. The SMILES string of the molecule is CCC(C)C(N)c1scc(C)c1Cl. The Balaban J connectivity index is 2.88. The summed E-state index contributed by atoms with van der Waals surface area (Å²) in [5.41, 5.74) is 7.23. The molecule has 0 radical (unpaired) electrons. The van der Waals surface area contributed by atoms with Crippen molar-refractivity contribution in [2.75, 3.05) is 0 Å². The maximum absolute atomic E-state index is 6.14. The summed E-state index contributed by atoms with van der Waals surface area (Å²) in [7, 11) is 0. The summed E-state index contributed by atoms with van der Waals surface area (Å²) in [6.07, 6.45) is 1.09. The van der Waals surface area contributed by atoms with Gasteiger partial charge in [-0.3, -0.25) is 0 Å². The van der Waals surface area contributed by atoms with Crippen LogP contribution in [-0.4, -0.2) is 0 Å². The van der Waals surface area contributed by atoms with Crippen LogP contribution in [-0.2, 0) is 0 Å². The van der Waals surface area contributed by atoms with Gasteiger partial charge in [-0.2, -0.15) is 0 Å². The zero-order valence-electron chi connectivity index (χ0n) is 8.30. The first-order valence-electron chi connectivity index (χ1n) is 4.57. The van der Waals surface area contributed by atoms with Gasteiger partial charge in [0.1, 0.15) is 0 Å². The zero-order chi connectivity index (χ0) is 10.0. The highest BCUT2D eigenvalue weighted by Crippen LogP contribution is 2.35. The number of nitrogens with two attached hydrogens (primary N) is 1. The summed E-state index contributed by atoms with van der Waals surface area (Å²) in [6.45, 7) is 6.33. The number of hydrogen-bond donors (Lipinski definition) is 1. The molecule has 0 fully saturated rings. The Kier molecular flexibility index (Phi) is 3.77. The predicted molar refractivity (Wildman–Crippen MR) is 60.4 cm³/mol. The van der Waals surface area contributed by atoms with Crippen LogP contribution < -0.4 is 5.73 Å². The molecule has 0 aliphatic carbocycles. The fraction of sp³-hybridized carbons (Fsp3) is 0.600. The lowest BCUT2D eigenvalue weighted by molar-refractivity contribution is 0.462. The van der Waals surface area contributed by atoms with E-state index in [1.165, 1.54) is 0 Å². The van der Waals surface area contributed by atoms with E-state index < -0.39 is 0 Å². The molecule has 0 spiro atoms. The van der Waals surface area contributed by atoms with E-state index in [9.17, 15) is 0 Å². The van der Waals surface area contributed by atoms with Crippen LogP contribution in [0.4, 0.5) is 0 Å². The van der Waals surface area contributed by atoms with Crippen molar-refractivity contribution >= 4 is 22.9 Å². The van der Waals surface area contributed by atoms with Crippen LogP contribution in [0.3, 0.4) is 0 Å². The Bertz CT molecular complexity index is 282. The molecule has 0 bridgehead atoms. The van der Waals surface area contributed by atoms with Crippen LogP contribution in [0.2, 0.25) is 5.02 Å². The highest BCUT2D eigenvalue weighted by Gasteiger charge is 2.18. The normalized spacial score (nSPS) is 15.8. The van der Waals surface area contributed by atoms with Gasteiger partial charge in [0.2, 0.25) is 0 Å². The van der Waals surface area contributed by atoms with Crippen molar-refractivity contribution in [3.63, 3.8) is 0 Å². The minimum Gasteiger partial charge on any atom is -0.323 e. The summed E-state index contributed by atoms with van der Waals surface area (Å²) in [4.78, 5) is 1.13. The van der Waals surface area contributed by atoms with Gasteiger partial charge < -0.3 is 5.73 Å². The van der Waals surface area contributed by atoms with Crippen molar-refractivity contribution in [3.8, 4) is 0 Å². The van der Waals surface area contributed by atoms with Gasteiger partial charge in [0, 0.05) is 10.9 Å². The van der Waals surface area contributed by atoms with E-state index in [1.807, 2.05) is 6.92 Å². The van der Waals surface area contributed by atoms with Crippen molar-refractivity contribution in [1.29, 1.82) is 0 Å². The fourth-order valence-corrected chi connectivity index (χ4v) is 2.64. The highest BCUT2D eigenvalue weighted by molar-refractivity contribution is 7.10. The van der Waals surface area contributed by atoms with Gasteiger partial charge in [0.15, 0.2) is 0 Å². The van der Waals surface area contributed by atoms with Crippen molar-refractivity contribution in [2.24, 2.45) is 11.7 Å². The van der Waals surface area contributed by atoms with Crippen LogP contribution in [0.15, 0.2) is 5.38 Å². The van der Waals surface area contributed by atoms with Crippen molar-refractivity contribution in [3.05, 3.63) is 20.8 Å². The second-order valence-electron chi connectivity index (χ2n) is 3.51. The third kappa shape index (κ3) is 2.25. The van der Waals surface area contributed by atoms with E-state index in [0.29, 0.717) is 5.92 Å². The number of hydrogen-bond acceptors (Lipinski definition) is 2. The molecule has 0 amide bonds. The third-order valence-electron chi connectivity index (χ3n) is 2.48. The smallest absolute Gasteiger partial charge is 0.0590 e. The van der Waals surface area contributed by atoms with Crippen LogP contribution in [0, 0.1) is 12.8 Å². The molecule has 1 aromatic heterocycles. The summed E-state index contributed by atoms with van der Waals surface area (Å²) in [5, 5.41) is 2.93. The predicted octanol–water partition coefficient (Wildman–Crippen LogP) is 3.76. The van der Waals surface area contributed by atoms with E-state index in [0.717, 1.165) is 21.9 Å². The first-order valence-corrected chi connectivity index (χ1v) is 5.82. The third-order valence-corrected chi connectivity index (χ3v) is 4.30. The molecule has 0 saturated carbocycles. The monoisotopic (exact) mass is 217 g/mol. The lowest BCUT2D eigenvalue weighted by Crippen LogP contribution is -2.17. The highest BCUT2D eigenvalue weighted by atomic mass is 35.5. The molecule has 1 rings (SSSR count). The van der Waals surface area contributed by atoms with Crippen LogP contribution in [0.25, 0.3) is 0 Å². The number of aryl methyl sites for hydroxylation is 1. The minimum absolute atomic E-state index is 0.0937. The Hall–Kier alpha value is -0.0500. The molecule has 1 aromatic rings. The molecule has 1 nitrogen and oxygen atoms in total. The Morgan fingerprint density at radius 2 is 2.23 bits per heavy atom. The Morgan fingerprint density at radius 3 is 2.62 bits per heavy atom. The summed E-state index contributed by atoms with van der Waals surface area (Å²) >= 11 is 7.81.